The molecule has 0 N–H and O–H groups in total. The summed E-state index contributed by atoms with van der Waals surface area (Å²) in [6, 6.07) is 0. The summed E-state index contributed by atoms with van der Waals surface area (Å²) in [5, 5.41) is 0. The van der Waals surface area contributed by atoms with Gasteiger partial charge in [0.05, 0.1) is 0 Å². The molecule has 0 amide bonds. The molecule has 0 aromatic carbocycles. The van der Waals surface area contributed by atoms with Crippen molar-refractivity contribution >= 4 is 19.8 Å². The van der Waals surface area contributed by atoms with Crippen molar-refractivity contribution in [3.63, 3.8) is 0 Å². The molecule has 0 rings (SSSR count). The molecule has 0 bridgehead atoms. The van der Waals surface area contributed by atoms with E-state index in [0.29, 0.717) is 0 Å². The van der Waals surface area contributed by atoms with Crippen molar-refractivity contribution in [2.75, 3.05) is 0 Å². The van der Waals surface area contributed by atoms with Gasteiger partial charge in [-0.05, 0) is 0 Å². The molecule has 20 valence electrons. The van der Waals surface area contributed by atoms with E-state index in [0.717, 1.165) is 0 Å². The summed E-state index contributed by atoms with van der Waals surface area (Å²) in [7, 11) is 0. The fourth-order valence-electron chi connectivity index (χ4n) is 0. The van der Waals surface area contributed by atoms with E-state index in [9.17, 15) is 3.52 Å². The van der Waals surface area contributed by atoms with Gasteiger partial charge in [-0.15, -0.1) is 0 Å². The predicted octanol–water partition coefficient (Wildman–Crippen LogP) is 0.162. The Bertz CT molecular complexity index is 44.0. The molecule has 0 aliphatic heterocycles. The molecule has 0 saturated carbocycles. The van der Waals surface area contributed by atoms with Crippen molar-refractivity contribution in [2.45, 2.75) is 0 Å². The third kappa shape index (κ3) is 2.11. The fourth-order valence-corrected chi connectivity index (χ4v) is 0. The monoisotopic (exact) mass is 72.0 g/mol. The minimum atomic E-state index is -1.08. The summed E-state index contributed by atoms with van der Waals surface area (Å²) in [4.78, 5) is 0. The van der Waals surface area contributed by atoms with Crippen LogP contribution in [0.2, 0.25) is 0 Å². The third-order valence-corrected chi connectivity index (χ3v) is 0.231. The molecule has 0 saturated heterocycles. The van der Waals surface area contributed by atoms with Crippen LogP contribution in [0.15, 0.2) is 6.58 Å². The zero-order valence-corrected chi connectivity index (χ0v) is 3.32. The number of hydrogen-bond donors (Lipinski definition) is 0. The molecule has 0 aliphatic carbocycles. The van der Waals surface area contributed by atoms with Crippen LogP contribution in [0.25, 0.3) is 0 Å². The molecule has 0 aromatic rings. The standard InChI is InChI=1S/C2H2.Al.FH/c1-2;;/h1H2;;1H/q;+1;/p-1. The van der Waals surface area contributed by atoms with Crippen LogP contribution >= 0.6 is 0 Å². The molecular weight excluding hydrogens is 70.0 g/mol. The summed E-state index contributed by atoms with van der Waals surface area (Å²) in [5.41, 5.74) is 0. The second-order valence-corrected chi connectivity index (χ2v) is 0.940. The summed E-state index contributed by atoms with van der Waals surface area (Å²) >= 11 is -1.08. The fraction of sp³-hybridized carbons (Fsp3) is 0. The van der Waals surface area contributed by atoms with Crippen LogP contribution in [0.1, 0.15) is 0 Å². The van der Waals surface area contributed by atoms with Gasteiger partial charge in [-0.3, -0.25) is 0 Å². The van der Waals surface area contributed by atoms with Gasteiger partial charge in [0, 0.05) is 0 Å². The van der Waals surface area contributed by atoms with Gasteiger partial charge in [0.15, 0.2) is 0 Å². The van der Waals surface area contributed by atoms with Crippen LogP contribution in [-0.4, -0.2) is 19.8 Å². The van der Waals surface area contributed by atoms with E-state index in [2.05, 4.69) is 11.1 Å². The molecule has 0 spiro atoms. The summed E-state index contributed by atoms with van der Waals surface area (Å²) in [6.07, 6.45) is 0. The van der Waals surface area contributed by atoms with Crippen LogP contribution in [-0.2, 0) is 0 Å². The van der Waals surface area contributed by atoms with Crippen molar-refractivity contribution in [2.24, 2.45) is 0 Å². The van der Waals surface area contributed by atoms with Gasteiger partial charge < -0.3 is 0 Å². The van der Waals surface area contributed by atoms with Gasteiger partial charge >= 0.3 is 29.9 Å². The van der Waals surface area contributed by atoms with Crippen molar-refractivity contribution in [3.05, 3.63) is 6.58 Å². The van der Waals surface area contributed by atoms with Gasteiger partial charge in [0.25, 0.3) is 0 Å². The van der Waals surface area contributed by atoms with E-state index in [1.807, 2.05) is 0 Å². The molecule has 4 heavy (non-hydrogen) atoms. The Morgan fingerprint density at radius 1 is 2.00 bits per heavy atom. The number of rotatable bonds is 0. The van der Waals surface area contributed by atoms with Gasteiger partial charge in [-0.1, -0.05) is 0 Å². The van der Waals surface area contributed by atoms with Crippen LogP contribution in [0, 0.1) is 0 Å². The summed E-state index contributed by atoms with van der Waals surface area (Å²) in [6.45, 7) is 3.02. The number of hydrogen-bond acceptors (Lipinski definition) is 0. The predicted molar refractivity (Wildman–Crippen MR) is 17.5 cm³/mol. The molecule has 2 heteroatoms. The van der Waals surface area contributed by atoms with E-state index >= 15 is 0 Å². The zero-order valence-electron chi connectivity index (χ0n) is 2.16. The zero-order chi connectivity index (χ0) is 3.41. The first-order valence-electron chi connectivity index (χ1n) is 0.860. The van der Waals surface area contributed by atoms with Crippen LogP contribution in [0.4, 0.5) is 3.52 Å². The molecule has 0 fully saturated rings. The molecule has 0 atom stereocenters. The average molecular weight is 72.0 g/mol. The molecule has 0 heterocycles. The van der Waals surface area contributed by atoms with Crippen LogP contribution in [0.5, 0.6) is 0 Å². The van der Waals surface area contributed by atoms with Crippen molar-refractivity contribution in [1.29, 1.82) is 0 Å². The molecular formula is C2H2AlF. The Morgan fingerprint density at radius 2 is 2.25 bits per heavy atom. The maximum absolute atomic E-state index is 10.6. The molecule has 0 radical (unpaired) electrons. The minimum absolute atomic E-state index is 1.08. The first-order chi connectivity index (χ1) is 1.91. The Balaban J connectivity index is 3.11. The van der Waals surface area contributed by atoms with E-state index in [-0.39, 0.29) is 0 Å². The maximum atomic E-state index is 10.6. The normalized spacial score (nSPS) is 3.25. The average Bonchev–Trinajstić information content (AvgIpc) is 1.37. The Hall–Kier alpha value is 0.112. The molecule has 0 unspecified atom stereocenters. The quantitative estimate of drug-likeness (QED) is 0.357. The Morgan fingerprint density at radius 3 is 2.25 bits per heavy atom. The van der Waals surface area contributed by atoms with Crippen molar-refractivity contribution in [1.82, 2.24) is 0 Å². The Labute approximate surface area is 30.7 Å². The van der Waals surface area contributed by atoms with Crippen molar-refractivity contribution in [3.8, 4) is 0 Å². The van der Waals surface area contributed by atoms with Gasteiger partial charge in [-0.25, -0.2) is 0 Å². The summed E-state index contributed by atoms with van der Waals surface area (Å²) < 4.78 is 12.7. The topological polar surface area (TPSA) is 0 Å². The second kappa shape index (κ2) is 3.11. The Kier molecular flexibility index (Phi) is 3.20. The van der Waals surface area contributed by atoms with E-state index in [4.69, 9.17) is 0 Å². The van der Waals surface area contributed by atoms with Gasteiger partial charge in [-0.2, -0.15) is 0 Å². The molecule has 0 aliphatic rings. The van der Waals surface area contributed by atoms with E-state index < -0.39 is 15.2 Å². The molecule has 0 aromatic heterocycles. The number of halogens is 1. The van der Waals surface area contributed by atoms with E-state index in [1.165, 1.54) is 0 Å². The first-order valence-corrected chi connectivity index (χ1v) is 1.87. The SMILES string of the molecule is C=[C]=[Al][F]. The molecule has 0 nitrogen and oxygen atoms in total. The van der Waals surface area contributed by atoms with Crippen LogP contribution in [0.3, 0.4) is 0 Å². The summed E-state index contributed by atoms with van der Waals surface area (Å²) in [5.74, 6) is 0. The van der Waals surface area contributed by atoms with E-state index in [1.54, 1.807) is 0 Å². The van der Waals surface area contributed by atoms with Crippen molar-refractivity contribution < 1.29 is 3.52 Å². The van der Waals surface area contributed by atoms with Gasteiger partial charge in [0.1, 0.15) is 0 Å². The first kappa shape index (κ1) is 4.11. The van der Waals surface area contributed by atoms with Crippen LogP contribution < -0.4 is 0 Å². The third-order valence-electron chi connectivity index (χ3n) is 0.0772. The van der Waals surface area contributed by atoms with Gasteiger partial charge in [0.2, 0.25) is 0 Å². The second-order valence-electron chi connectivity index (χ2n) is 0.313.